The number of rotatable bonds is 16. The van der Waals surface area contributed by atoms with Gasteiger partial charge in [0.05, 0.1) is 0 Å². The quantitative estimate of drug-likeness (QED) is 0.112. The molecule has 0 radical (unpaired) electrons. The van der Waals surface area contributed by atoms with E-state index in [9.17, 15) is 0 Å². The number of allylic oxidation sites excluding steroid dienone is 4. The summed E-state index contributed by atoms with van der Waals surface area (Å²) >= 11 is 0. The van der Waals surface area contributed by atoms with Crippen LogP contribution in [0.4, 0.5) is 0 Å². The van der Waals surface area contributed by atoms with Gasteiger partial charge in [0, 0.05) is 30.5 Å². The van der Waals surface area contributed by atoms with E-state index in [-0.39, 0.29) is 17.3 Å². The van der Waals surface area contributed by atoms with Crippen LogP contribution < -0.4 is 10.4 Å². The largest absolute Gasteiger partial charge is 0.417 e. The molecule has 2 nitrogen and oxygen atoms in total. The molecule has 47 heavy (non-hydrogen) atoms. The van der Waals surface area contributed by atoms with Crippen LogP contribution in [0.1, 0.15) is 71.4 Å². The third-order valence-electron chi connectivity index (χ3n) is 12.5. The molecule has 0 saturated heterocycles. The van der Waals surface area contributed by atoms with E-state index in [1.807, 2.05) is 0 Å². The van der Waals surface area contributed by atoms with Gasteiger partial charge in [-0.1, -0.05) is 139 Å². The van der Waals surface area contributed by atoms with Gasteiger partial charge in [-0.2, -0.15) is 0 Å². The Labute approximate surface area is 286 Å². The summed E-state index contributed by atoms with van der Waals surface area (Å²) in [6, 6.07) is 34.8. The van der Waals surface area contributed by atoms with Crippen LogP contribution in [0.25, 0.3) is 22.3 Å². The van der Waals surface area contributed by atoms with Crippen molar-refractivity contribution < 1.29 is 8.85 Å². The van der Waals surface area contributed by atoms with Gasteiger partial charge in [-0.15, -0.1) is 0 Å². The van der Waals surface area contributed by atoms with Crippen LogP contribution in [0.5, 0.6) is 0 Å². The summed E-state index contributed by atoms with van der Waals surface area (Å²) in [7, 11) is -3.62. The zero-order valence-corrected chi connectivity index (χ0v) is 31.8. The molecule has 6 rings (SSSR count). The van der Waals surface area contributed by atoms with E-state index < -0.39 is 16.6 Å². The van der Waals surface area contributed by atoms with E-state index in [4.69, 9.17) is 8.85 Å². The van der Waals surface area contributed by atoms with Gasteiger partial charge in [-0.3, -0.25) is 0 Å². The lowest BCUT2D eigenvalue weighted by molar-refractivity contribution is 0.145. The van der Waals surface area contributed by atoms with Gasteiger partial charge in [0.2, 0.25) is 0 Å². The molecule has 3 aliphatic carbocycles. The predicted molar refractivity (Wildman–Crippen MR) is 206 cm³/mol. The van der Waals surface area contributed by atoms with Crippen molar-refractivity contribution in [3.05, 3.63) is 119 Å². The molecule has 0 amide bonds. The summed E-state index contributed by atoms with van der Waals surface area (Å²) in [4.78, 5) is 0. The normalized spacial score (nSPS) is 18.2. The molecular formula is C43H56O2Si2. The smallest absolute Gasteiger partial charge is 0.192 e. The number of benzene rings is 3. The van der Waals surface area contributed by atoms with Crippen molar-refractivity contribution in [3.8, 4) is 11.1 Å². The molecule has 0 heterocycles. The fourth-order valence-electron chi connectivity index (χ4n) is 9.26. The maximum absolute atomic E-state index is 7.59. The van der Waals surface area contributed by atoms with Gasteiger partial charge in [-0.05, 0) is 92.9 Å². The molecular weight excluding hydrogens is 605 g/mol. The Balaban J connectivity index is 1.60. The van der Waals surface area contributed by atoms with Gasteiger partial charge in [-0.25, -0.2) is 0 Å². The number of fused-ring (bicyclic) bond motifs is 5. The van der Waals surface area contributed by atoms with E-state index in [0.717, 1.165) is 44.2 Å². The zero-order valence-electron chi connectivity index (χ0n) is 29.8. The topological polar surface area (TPSA) is 18.5 Å². The summed E-state index contributed by atoms with van der Waals surface area (Å²) < 4.78 is 14.6. The number of hydrogen-bond donors (Lipinski definition) is 0. The standard InChI is InChI=1S/C43H56O2Si2/c1-7-46(8-2,9-3)44-31-21-30-43(32-45-47(10-4,11-5)12-6,41-37-26-17-13-22-33(37)34-23-14-18-27-38(34)41)42-39-28-19-15-24-35(39)36-25-16-20-29-40(36)42/h13-20,22-29,37,42H,7-12,21,30-32H2,1-6H3. The Morgan fingerprint density at radius 2 is 1.15 bits per heavy atom. The maximum Gasteiger partial charge on any atom is 0.192 e. The Morgan fingerprint density at radius 1 is 0.617 bits per heavy atom. The van der Waals surface area contributed by atoms with Crippen molar-refractivity contribution in [3.63, 3.8) is 0 Å². The minimum absolute atomic E-state index is 0.208. The molecule has 2 unspecified atom stereocenters. The van der Waals surface area contributed by atoms with Crippen molar-refractivity contribution >= 4 is 27.8 Å². The van der Waals surface area contributed by atoms with Crippen LogP contribution >= 0.6 is 0 Å². The van der Waals surface area contributed by atoms with E-state index in [1.54, 1.807) is 5.57 Å². The van der Waals surface area contributed by atoms with Crippen molar-refractivity contribution in [2.24, 2.45) is 11.3 Å². The SMILES string of the molecule is CC[Si](CC)(CC)OCCCC(CO[Si](CC)(CC)CC)(C1=c2ccccc2=C2C=CC=CC21)C1c2ccccc2-c2ccccc21. The van der Waals surface area contributed by atoms with E-state index in [0.29, 0.717) is 0 Å². The highest BCUT2D eigenvalue weighted by atomic mass is 28.4. The highest BCUT2D eigenvalue weighted by Gasteiger charge is 2.51. The van der Waals surface area contributed by atoms with Crippen LogP contribution in [-0.4, -0.2) is 29.8 Å². The molecule has 0 fully saturated rings. The molecule has 4 heteroatoms. The lowest BCUT2D eigenvalue weighted by atomic mass is 9.61. The molecule has 3 aliphatic rings. The first kappa shape index (κ1) is 34.1. The Morgan fingerprint density at radius 3 is 1.74 bits per heavy atom. The van der Waals surface area contributed by atoms with Crippen LogP contribution in [-0.2, 0) is 8.85 Å². The van der Waals surface area contributed by atoms with Crippen LogP contribution in [0.3, 0.4) is 0 Å². The van der Waals surface area contributed by atoms with E-state index >= 15 is 0 Å². The van der Waals surface area contributed by atoms with Crippen molar-refractivity contribution in [1.82, 2.24) is 0 Å². The fraction of sp³-hybridized carbons (Fsp3) is 0.442. The van der Waals surface area contributed by atoms with Crippen molar-refractivity contribution in [2.45, 2.75) is 96.6 Å². The summed E-state index contributed by atoms with van der Waals surface area (Å²) in [6.45, 7) is 15.8. The monoisotopic (exact) mass is 660 g/mol. The first-order valence-corrected chi connectivity index (χ1v) is 23.7. The first-order chi connectivity index (χ1) is 23.0. The van der Waals surface area contributed by atoms with Gasteiger partial charge < -0.3 is 8.85 Å². The molecule has 248 valence electrons. The lowest BCUT2D eigenvalue weighted by Crippen LogP contribution is -2.46. The van der Waals surface area contributed by atoms with Crippen LogP contribution in [0.15, 0.2) is 97.1 Å². The van der Waals surface area contributed by atoms with Crippen LogP contribution in [0, 0.1) is 11.3 Å². The fourth-order valence-corrected chi connectivity index (χ4v) is 14.6. The van der Waals surface area contributed by atoms with Crippen molar-refractivity contribution in [2.75, 3.05) is 13.2 Å². The van der Waals surface area contributed by atoms with E-state index in [1.165, 1.54) is 56.4 Å². The molecule has 3 aromatic carbocycles. The average Bonchev–Trinajstić information content (AvgIpc) is 3.66. The minimum Gasteiger partial charge on any atom is -0.417 e. The van der Waals surface area contributed by atoms with Gasteiger partial charge in [0.1, 0.15) is 0 Å². The van der Waals surface area contributed by atoms with Crippen molar-refractivity contribution in [1.29, 1.82) is 0 Å². The Hall–Kier alpha value is -2.77. The van der Waals surface area contributed by atoms with Gasteiger partial charge >= 0.3 is 0 Å². The Kier molecular flexibility index (Phi) is 10.4. The van der Waals surface area contributed by atoms with Gasteiger partial charge in [0.25, 0.3) is 0 Å². The number of hydrogen-bond acceptors (Lipinski definition) is 2. The molecule has 0 N–H and O–H groups in total. The van der Waals surface area contributed by atoms with Gasteiger partial charge in [0.15, 0.2) is 16.6 Å². The molecule has 0 aromatic heterocycles. The third-order valence-corrected chi connectivity index (χ3v) is 21.8. The predicted octanol–water partition coefficient (Wildman–Crippen LogP) is 10.4. The Bertz CT molecular complexity index is 1680. The zero-order chi connectivity index (χ0) is 33.1. The molecule has 3 aromatic rings. The highest BCUT2D eigenvalue weighted by molar-refractivity contribution is 6.74. The second-order valence-corrected chi connectivity index (χ2v) is 23.7. The summed E-state index contributed by atoms with van der Waals surface area (Å²) in [5.41, 5.74) is 8.48. The summed E-state index contributed by atoms with van der Waals surface area (Å²) in [6.07, 6.45) is 11.4. The molecule has 0 spiro atoms. The lowest BCUT2D eigenvalue weighted by Gasteiger charge is -2.46. The molecule has 2 atom stereocenters. The summed E-state index contributed by atoms with van der Waals surface area (Å²) in [5, 5.41) is 2.82. The van der Waals surface area contributed by atoms with Crippen LogP contribution in [0.2, 0.25) is 36.3 Å². The third kappa shape index (κ3) is 5.94. The molecule has 0 aliphatic heterocycles. The highest BCUT2D eigenvalue weighted by Crippen LogP contribution is 2.60. The average molecular weight is 661 g/mol. The summed E-state index contributed by atoms with van der Waals surface area (Å²) in [5.74, 6) is 0.456. The maximum atomic E-state index is 7.59. The second-order valence-electron chi connectivity index (χ2n) is 14.1. The first-order valence-electron chi connectivity index (χ1n) is 18.6. The van der Waals surface area contributed by atoms with E-state index in [2.05, 4.69) is 139 Å². The minimum atomic E-state index is -1.92. The molecule has 0 saturated carbocycles. The second kappa shape index (κ2) is 14.4. The molecule has 0 bridgehead atoms.